The lowest BCUT2D eigenvalue weighted by atomic mass is 9.66. The van der Waals surface area contributed by atoms with Crippen molar-refractivity contribution in [2.75, 3.05) is 13.2 Å². The highest BCUT2D eigenvalue weighted by Crippen LogP contribution is 2.44. The number of allylic oxidation sites excluding steroid dienone is 2. The Bertz CT molecular complexity index is 296. The van der Waals surface area contributed by atoms with Crippen molar-refractivity contribution in [2.24, 2.45) is 11.3 Å². The molecule has 0 aromatic rings. The zero-order chi connectivity index (χ0) is 12.9. The Hall–Kier alpha value is -0.830. The first-order valence-electron chi connectivity index (χ1n) is 6.50. The molecule has 1 N–H and O–H groups in total. The Morgan fingerprint density at radius 1 is 1.65 bits per heavy atom. The molecule has 1 rings (SSSR count). The number of hydrogen-bond acceptors (Lipinski definition) is 3. The third-order valence-electron chi connectivity index (χ3n) is 3.97. The second-order valence-corrected chi connectivity index (χ2v) is 5.04. The molecule has 0 radical (unpaired) electrons. The number of esters is 1. The smallest absolute Gasteiger partial charge is 0.312 e. The predicted molar refractivity (Wildman–Crippen MR) is 67.5 cm³/mol. The quantitative estimate of drug-likeness (QED) is 0.593. The number of aliphatic hydroxyl groups excluding tert-OH is 1. The molecule has 2 atom stereocenters. The lowest BCUT2D eigenvalue weighted by molar-refractivity contribution is -0.160. The van der Waals surface area contributed by atoms with E-state index < -0.39 is 5.41 Å². The third-order valence-corrected chi connectivity index (χ3v) is 3.97. The summed E-state index contributed by atoms with van der Waals surface area (Å²) in [5.74, 6) is 0.0700. The first-order chi connectivity index (χ1) is 8.06. The van der Waals surface area contributed by atoms with Gasteiger partial charge in [0.1, 0.15) is 0 Å². The van der Waals surface area contributed by atoms with E-state index in [4.69, 9.17) is 9.84 Å². The van der Waals surface area contributed by atoms with Gasteiger partial charge in [-0.05, 0) is 45.4 Å². The highest BCUT2D eigenvalue weighted by molar-refractivity contribution is 5.77. The van der Waals surface area contributed by atoms with Crippen LogP contribution in [0.2, 0.25) is 0 Å². The fourth-order valence-electron chi connectivity index (χ4n) is 2.56. The number of carbonyl (C=O) groups is 1. The summed E-state index contributed by atoms with van der Waals surface area (Å²) in [6.07, 6.45) is 5.35. The first kappa shape index (κ1) is 14.2. The zero-order valence-electron chi connectivity index (χ0n) is 11.2. The van der Waals surface area contributed by atoms with Crippen LogP contribution in [0.5, 0.6) is 0 Å². The average molecular weight is 240 g/mol. The number of aliphatic hydroxyl groups is 1. The largest absolute Gasteiger partial charge is 0.466 e. The van der Waals surface area contributed by atoms with Crippen molar-refractivity contribution in [1.29, 1.82) is 0 Å². The van der Waals surface area contributed by atoms with Crippen molar-refractivity contribution in [3.8, 4) is 0 Å². The molecule has 1 aliphatic rings. The van der Waals surface area contributed by atoms with Gasteiger partial charge in [0.2, 0.25) is 0 Å². The molecule has 0 spiro atoms. The van der Waals surface area contributed by atoms with Crippen molar-refractivity contribution >= 4 is 5.97 Å². The molecule has 0 aliphatic heterocycles. The third kappa shape index (κ3) is 3.09. The van der Waals surface area contributed by atoms with Gasteiger partial charge in [-0.2, -0.15) is 0 Å². The highest BCUT2D eigenvalue weighted by atomic mass is 16.5. The van der Waals surface area contributed by atoms with E-state index in [1.807, 2.05) is 13.8 Å². The van der Waals surface area contributed by atoms with E-state index in [0.29, 0.717) is 13.0 Å². The molecule has 3 nitrogen and oxygen atoms in total. The normalized spacial score (nSPS) is 26.2. The molecule has 0 bridgehead atoms. The molecular weight excluding hydrogens is 216 g/mol. The van der Waals surface area contributed by atoms with E-state index in [1.165, 1.54) is 5.57 Å². The van der Waals surface area contributed by atoms with E-state index in [9.17, 15) is 4.79 Å². The molecule has 17 heavy (non-hydrogen) atoms. The number of hydrogen-bond donors (Lipinski definition) is 1. The molecule has 0 heterocycles. The summed E-state index contributed by atoms with van der Waals surface area (Å²) < 4.78 is 5.24. The zero-order valence-corrected chi connectivity index (χ0v) is 11.2. The summed E-state index contributed by atoms with van der Waals surface area (Å²) >= 11 is 0. The van der Waals surface area contributed by atoms with Crippen LogP contribution < -0.4 is 0 Å². The standard InChI is InChI=1S/C14H24O3/c1-4-17-13(16)14(12(3)7-10-15)8-5-11(2)6-9-14/h5,12,15H,4,6-10H2,1-3H3. The summed E-state index contributed by atoms with van der Waals surface area (Å²) in [6, 6.07) is 0. The molecule has 2 unspecified atom stereocenters. The van der Waals surface area contributed by atoms with Crippen molar-refractivity contribution in [3.05, 3.63) is 11.6 Å². The van der Waals surface area contributed by atoms with Crippen LogP contribution in [0.15, 0.2) is 11.6 Å². The van der Waals surface area contributed by atoms with E-state index in [1.54, 1.807) is 0 Å². The maximum atomic E-state index is 12.2. The van der Waals surface area contributed by atoms with Crippen molar-refractivity contribution in [1.82, 2.24) is 0 Å². The first-order valence-corrected chi connectivity index (χ1v) is 6.50. The molecule has 0 amide bonds. The molecule has 0 aromatic carbocycles. The molecule has 3 heteroatoms. The van der Waals surface area contributed by atoms with E-state index in [2.05, 4.69) is 13.0 Å². The van der Waals surface area contributed by atoms with Crippen LogP contribution in [0.4, 0.5) is 0 Å². The molecule has 0 aromatic heterocycles. The van der Waals surface area contributed by atoms with Crippen LogP contribution in [0.25, 0.3) is 0 Å². The Labute approximate surface area is 104 Å². The van der Waals surface area contributed by atoms with Crippen LogP contribution in [-0.2, 0) is 9.53 Å². The summed E-state index contributed by atoms with van der Waals surface area (Å²) in [5.41, 5.74) is 0.930. The van der Waals surface area contributed by atoms with Crippen molar-refractivity contribution < 1.29 is 14.6 Å². The van der Waals surface area contributed by atoms with Gasteiger partial charge in [-0.25, -0.2) is 0 Å². The summed E-state index contributed by atoms with van der Waals surface area (Å²) in [4.78, 5) is 12.2. The fourth-order valence-corrected chi connectivity index (χ4v) is 2.56. The number of carbonyl (C=O) groups excluding carboxylic acids is 1. The van der Waals surface area contributed by atoms with Crippen LogP contribution >= 0.6 is 0 Å². The molecule has 1 aliphatic carbocycles. The van der Waals surface area contributed by atoms with Crippen molar-refractivity contribution in [2.45, 2.75) is 46.5 Å². The number of ether oxygens (including phenoxy) is 1. The van der Waals surface area contributed by atoms with Gasteiger partial charge in [0.15, 0.2) is 0 Å². The monoisotopic (exact) mass is 240 g/mol. The van der Waals surface area contributed by atoms with Gasteiger partial charge >= 0.3 is 5.97 Å². The van der Waals surface area contributed by atoms with Gasteiger partial charge in [0, 0.05) is 6.61 Å². The van der Waals surface area contributed by atoms with Crippen LogP contribution in [0, 0.1) is 11.3 Å². The lowest BCUT2D eigenvalue weighted by Gasteiger charge is -2.38. The number of rotatable bonds is 5. The molecule has 0 saturated heterocycles. The summed E-state index contributed by atoms with van der Waals surface area (Å²) in [5, 5.41) is 9.08. The Morgan fingerprint density at radius 3 is 2.82 bits per heavy atom. The Kier molecular flexibility index (Phi) is 5.19. The van der Waals surface area contributed by atoms with Crippen LogP contribution in [-0.4, -0.2) is 24.3 Å². The lowest BCUT2D eigenvalue weighted by Crippen LogP contribution is -2.40. The highest BCUT2D eigenvalue weighted by Gasteiger charge is 2.44. The minimum Gasteiger partial charge on any atom is -0.466 e. The minimum atomic E-state index is -0.418. The minimum absolute atomic E-state index is 0.0929. The SMILES string of the molecule is CCOC(=O)C1(C(C)CCO)CC=C(C)CC1. The van der Waals surface area contributed by atoms with E-state index in [-0.39, 0.29) is 18.5 Å². The Morgan fingerprint density at radius 2 is 2.35 bits per heavy atom. The van der Waals surface area contributed by atoms with Gasteiger partial charge < -0.3 is 9.84 Å². The summed E-state index contributed by atoms with van der Waals surface area (Å²) in [6.45, 7) is 6.54. The molecule has 0 saturated carbocycles. The predicted octanol–water partition coefficient (Wildman–Crippen LogP) is 2.68. The van der Waals surface area contributed by atoms with Gasteiger partial charge in [-0.3, -0.25) is 4.79 Å². The van der Waals surface area contributed by atoms with Gasteiger partial charge in [0.05, 0.1) is 12.0 Å². The van der Waals surface area contributed by atoms with Crippen LogP contribution in [0.3, 0.4) is 0 Å². The van der Waals surface area contributed by atoms with Crippen LogP contribution in [0.1, 0.15) is 46.5 Å². The fraction of sp³-hybridized carbons (Fsp3) is 0.786. The molecule has 0 fully saturated rings. The topological polar surface area (TPSA) is 46.5 Å². The summed E-state index contributed by atoms with van der Waals surface area (Å²) in [7, 11) is 0. The maximum Gasteiger partial charge on any atom is 0.312 e. The van der Waals surface area contributed by atoms with Crippen molar-refractivity contribution in [3.63, 3.8) is 0 Å². The molecular formula is C14H24O3. The van der Waals surface area contributed by atoms with Gasteiger partial charge in [-0.1, -0.05) is 18.6 Å². The molecule has 98 valence electrons. The van der Waals surface area contributed by atoms with E-state index in [0.717, 1.165) is 19.3 Å². The Balaban J connectivity index is 2.89. The van der Waals surface area contributed by atoms with E-state index >= 15 is 0 Å². The second kappa shape index (κ2) is 6.20. The van der Waals surface area contributed by atoms with Gasteiger partial charge in [-0.15, -0.1) is 0 Å². The maximum absolute atomic E-state index is 12.2. The average Bonchev–Trinajstić information content (AvgIpc) is 2.31. The van der Waals surface area contributed by atoms with Gasteiger partial charge in [0.25, 0.3) is 0 Å². The second-order valence-electron chi connectivity index (χ2n) is 5.04.